The van der Waals surface area contributed by atoms with E-state index < -0.39 is 11.4 Å². The van der Waals surface area contributed by atoms with Crippen LogP contribution in [0.4, 0.5) is 4.39 Å². The number of hydrogen-bond acceptors (Lipinski definition) is 3. The number of benzene rings is 1. The summed E-state index contributed by atoms with van der Waals surface area (Å²) in [6.45, 7) is 3.73. The van der Waals surface area contributed by atoms with Crippen LogP contribution in [-0.2, 0) is 20.6 Å². The fourth-order valence-electron chi connectivity index (χ4n) is 2.65. The Labute approximate surface area is 116 Å². The molecule has 0 aliphatic carbocycles. The second-order valence-corrected chi connectivity index (χ2v) is 5.85. The summed E-state index contributed by atoms with van der Waals surface area (Å²) in [4.78, 5) is 0. The number of ether oxygens (including phenoxy) is 3. The summed E-state index contributed by atoms with van der Waals surface area (Å²) in [5.74, 6) is -0.876. The molecule has 1 aromatic rings. The first-order chi connectivity index (χ1) is 8.94. The molecule has 2 aliphatic heterocycles. The molecule has 2 aliphatic rings. The Morgan fingerprint density at radius 2 is 1.79 bits per heavy atom. The largest absolute Gasteiger partial charge is 0.353 e. The van der Waals surface area contributed by atoms with E-state index in [2.05, 4.69) is 0 Å². The summed E-state index contributed by atoms with van der Waals surface area (Å²) in [5, 5.41) is 0. The van der Waals surface area contributed by atoms with E-state index in [9.17, 15) is 4.39 Å². The minimum atomic E-state index is -0.632. The van der Waals surface area contributed by atoms with Crippen LogP contribution >= 0.6 is 11.6 Å². The molecular formula is C14H16ClFO3. The maximum atomic E-state index is 12.9. The van der Waals surface area contributed by atoms with Crippen molar-refractivity contribution in [1.29, 1.82) is 0 Å². The fraction of sp³-hybridized carbons (Fsp3) is 0.571. The summed E-state index contributed by atoms with van der Waals surface area (Å²) in [7, 11) is 0. The maximum absolute atomic E-state index is 12.9. The topological polar surface area (TPSA) is 27.7 Å². The highest BCUT2D eigenvalue weighted by Crippen LogP contribution is 2.40. The Morgan fingerprint density at radius 3 is 2.47 bits per heavy atom. The maximum Gasteiger partial charge on any atom is 0.164 e. The van der Waals surface area contributed by atoms with Crippen molar-refractivity contribution in [3.63, 3.8) is 0 Å². The van der Waals surface area contributed by atoms with E-state index in [1.807, 2.05) is 13.8 Å². The standard InChI is InChI=1S/C14H16ClFO3/c1-14(2)18-11-10(17-13(15)12(11)19-14)7-8-3-5-9(16)6-4-8/h3-6,10-13H,7H2,1-2H3/t10-,11-,12-,13+/m1/s1. The van der Waals surface area contributed by atoms with Crippen LogP contribution in [0.2, 0.25) is 0 Å². The lowest BCUT2D eigenvalue weighted by atomic mass is 10.0. The van der Waals surface area contributed by atoms with E-state index in [1.54, 1.807) is 12.1 Å². The van der Waals surface area contributed by atoms with Gasteiger partial charge in [0.25, 0.3) is 0 Å². The van der Waals surface area contributed by atoms with Crippen LogP contribution in [0.3, 0.4) is 0 Å². The zero-order valence-corrected chi connectivity index (χ0v) is 11.6. The van der Waals surface area contributed by atoms with Crippen molar-refractivity contribution >= 4 is 11.6 Å². The Hall–Kier alpha value is -0.680. The van der Waals surface area contributed by atoms with Gasteiger partial charge in [-0.2, -0.15) is 0 Å². The molecule has 3 rings (SSSR count). The Morgan fingerprint density at radius 1 is 1.16 bits per heavy atom. The molecule has 19 heavy (non-hydrogen) atoms. The van der Waals surface area contributed by atoms with Crippen molar-refractivity contribution in [2.45, 2.75) is 49.9 Å². The molecule has 0 N–H and O–H groups in total. The lowest BCUT2D eigenvalue weighted by Gasteiger charge is -2.22. The lowest BCUT2D eigenvalue weighted by molar-refractivity contribution is -0.178. The van der Waals surface area contributed by atoms with E-state index in [0.717, 1.165) is 5.56 Å². The molecule has 1 aromatic carbocycles. The molecule has 0 bridgehead atoms. The van der Waals surface area contributed by atoms with E-state index >= 15 is 0 Å². The van der Waals surface area contributed by atoms with Gasteiger partial charge in [0.2, 0.25) is 0 Å². The van der Waals surface area contributed by atoms with E-state index in [4.69, 9.17) is 25.8 Å². The van der Waals surface area contributed by atoms with Gasteiger partial charge in [0.15, 0.2) is 11.4 Å². The predicted molar refractivity (Wildman–Crippen MR) is 68.4 cm³/mol. The van der Waals surface area contributed by atoms with Gasteiger partial charge in [-0.3, -0.25) is 0 Å². The summed E-state index contributed by atoms with van der Waals surface area (Å²) in [6.07, 6.45) is 0.0359. The molecule has 0 amide bonds. The lowest BCUT2D eigenvalue weighted by Crippen LogP contribution is -2.31. The number of hydrogen-bond donors (Lipinski definition) is 0. The van der Waals surface area contributed by atoms with Crippen molar-refractivity contribution < 1.29 is 18.6 Å². The molecule has 0 saturated carbocycles. The fourth-order valence-corrected chi connectivity index (χ4v) is 2.97. The number of rotatable bonds is 2. The van der Waals surface area contributed by atoms with Gasteiger partial charge in [-0.15, -0.1) is 0 Å². The quantitative estimate of drug-likeness (QED) is 0.783. The molecule has 2 saturated heterocycles. The van der Waals surface area contributed by atoms with Crippen LogP contribution in [0, 0.1) is 5.82 Å². The molecule has 0 spiro atoms. The van der Waals surface area contributed by atoms with Gasteiger partial charge in [-0.25, -0.2) is 4.39 Å². The zero-order valence-electron chi connectivity index (χ0n) is 10.8. The van der Waals surface area contributed by atoms with Crippen molar-refractivity contribution in [2.75, 3.05) is 0 Å². The van der Waals surface area contributed by atoms with Crippen LogP contribution in [0.5, 0.6) is 0 Å². The highest BCUT2D eigenvalue weighted by molar-refractivity contribution is 6.20. The van der Waals surface area contributed by atoms with Crippen molar-refractivity contribution in [3.05, 3.63) is 35.6 Å². The van der Waals surface area contributed by atoms with Gasteiger partial charge in [0.05, 0.1) is 6.10 Å². The smallest absolute Gasteiger partial charge is 0.164 e. The average molecular weight is 287 g/mol. The predicted octanol–water partition coefficient (Wildman–Crippen LogP) is 2.85. The third kappa shape index (κ3) is 2.63. The van der Waals surface area contributed by atoms with Crippen molar-refractivity contribution in [1.82, 2.24) is 0 Å². The third-order valence-corrected chi connectivity index (χ3v) is 3.79. The van der Waals surface area contributed by atoms with Crippen molar-refractivity contribution in [3.8, 4) is 0 Å². The molecule has 0 unspecified atom stereocenters. The SMILES string of the molecule is CC1(C)O[C@@H]2[C@H](O1)[C@@H](Cc1ccc(F)cc1)O[C@@H]2Cl. The zero-order chi connectivity index (χ0) is 13.6. The first-order valence-corrected chi connectivity index (χ1v) is 6.78. The highest BCUT2D eigenvalue weighted by atomic mass is 35.5. The second kappa shape index (κ2) is 4.70. The molecular weight excluding hydrogens is 271 g/mol. The van der Waals surface area contributed by atoms with Gasteiger partial charge in [0, 0.05) is 6.42 Å². The molecule has 4 atom stereocenters. The Balaban J connectivity index is 1.73. The summed E-state index contributed by atoms with van der Waals surface area (Å²) in [6, 6.07) is 6.37. The molecule has 0 aromatic heterocycles. The molecule has 0 radical (unpaired) electrons. The van der Waals surface area contributed by atoms with Crippen LogP contribution in [-0.4, -0.2) is 29.7 Å². The van der Waals surface area contributed by atoms with Gasteiger partial charge < -0.3 is 14.2 Å². The third-order valence-electron chi connectivity index (χ3n) is 3.44. The first kappa shape index (κ1) is 13.3. The van der Waals surface area contributed by atoms with Crippen LogP contribution in [0.25, 0.3) is 0 Å². The number of halogens is 2. The summed E-state index contributed by atoms with van der Waals surface area (Å²) >= 11 is 6.14. The first-order valence-electron chi connectivity index (χ1n) is 6.34. The monoisotopic (exact) mass is 286 g/mol. The van der Waals surface area contributed by atoms with Gasteiger partial charge in [-0.1, -0.05) is 23.7 Å². The Kier molecular flexibility index (Phi) is 3.29. The molecule has 2 fully saturated rings. The van der Waals surface area contributed by atoms with Gasteiger partial charge in [0.1, 0.15) is 18.0 Å². The van der Waals surface area contributed by atoms with Crippen molar-refractivity contribution in [2.24, 2.45) is 0 Å². The van der Waals surface area contributed by atoms with E-state index in [0.29, 0.717) is 6.42 Å². The molecule has 5 heteroatoms. The average Bonchev–Trinajstić information content (AvgIpc) is 2.79. The number of alkyl halides is 1. The normalized spacial score (nSPS) is 36.4. The Bertz CT molecular complexity index is 462. The minimum Gasteiger partial charge on any atom is -0.353 e. The molecule has 104 valence electrons. The molecule has 3 nitrogen and oxygen atoms in total. The minimum absolute atomic E-state index is 0.167. The van der Waals surface area contributed by atoms with Crippen LogP contribution < -0.4 is 0 Å². The van der Waals surface area contributed by atoms with Gasteiger partial charge >= 0.3 is 0 Å². The molecule has 2 heterocycles. The summed E-state index contributed by atoms with van der Waals surface area (Å²) in [5.41, 5.74) is 0.487. The van der Waals surface area contributed by atoms with Gasteiger partial charge in [-0.05, 0) is 31.5 Å². The van der Waals surface area contributed by atoms with Crippen LogP contribution in [0.1, 0.15) is 19.4 Å². The summed E-state index contributed by atoms with van der Waals surface area (Å²) < 4.78 is 30.1. The van der Waals surface area contributed by atoms with E-state index in [1.165, 1.54) is 12.1 Å². The van der Waals surface area contributed by atoms with Crippen LogP contribution in [0.15, 0.2) is 24.3 Å². The van der Waals surface area contributed by atoms with E-state index in [-0.39, 0.29) is 24.1 Å². The second-order valence-electron chi connectivity index (χ2n) is 5.42. The number of fused-ring (bicyclic) bond motifs is 1. The highest BCUT2D eigenvalue weighted by Gasteiger charge is 2.54.